The monoisotopic (exact) mass is 540 g/mol. The van der Waals surface area contributed by atoms with Gasteiger partial charge in [-0.1, -0.05) is 12.1 Å². The Labute approximate surface area is 219 Å². The van der Waals surface area contributed by atoms with Gasteiger partial charge in [0.2, 0.25) is 5.88 Å². The van der Waals surface area contributed by atoms with Gasteiger partial charge in [-0.05, 0) is 25.1 Å². The Morgan fingerprint density at radius 3 is 2.29 bits per heavy atom. The van der Waals surface area contributed by atoms with Gasteiger partial charge in [-0.15, -0.1) is 0 Å². The van der Waals surface area contributed by atoms with E-state index in [4.69, 9.17) is 29.2 Å². The molecule has 0 bridgehead atoms. The summed E-state index contributed by atoms with van der Waals surface area (Å²) in [5, 5.41) is 9.87. The normalized spacial score (nSPS) is 14.0. The topological polar surface area (TPSA) is 142 Å². The molecule has 1 fully saturated rings. The fourth-order valence-corrected chi connectivity index (χ4v) is 5.04. The van der Waals surface area contributed by atoms with Crippen LogP contribution in [0.5, 0.6) is 17.4 Å². The third-order valence-corrected chi connectivity index (χ3v) is 6.77. The highest BCUT2D eigenvalue weighted by atomic mass is 32.2. The van der Waals surface area contributed by atoms with Gasteiger partial charge >= 0.3 is 0 Å². The molecule has 0 unspecified atom stereocenters. The van der Waals surface area contributed by atoms with Crippen LogP contribution in [0.2, 0.25) is 0 Å². The van der Waals surface area contributed by atoms with Gasteiger partial charge in [0.25, 0.3) is 0 Å². The van der Waals surface area contributed by atoms with Crippen LogP contribution in [-0.2, 0) is 15.6 Å². The van der Waals surface area contributed by atoms with Crippen molar-refractivity contribution in [3.63, 3.8) is 0 Å². The summed E-state index contributed by atoms with van der Waals surface area (Å²) in [5.74, 6) is 1.80. The summed E-state index contributed by atoms with van der Waals surface area (Å²) >= 11 is 0. The number of nitrogens with zero attached hydrogens (tertiary/aromatic N) is 6. The van der Waals surface area contributed by atoms with Crippen molar-refractivity contribution >= 4 is 26.9 Å². The van der Waals surface area contributed by atoms with Crippen LogP contribution in [0.15, 0.2) is 36.4 Å². The average Bonchev–Trinajstić information content (AvgIpc) is 3.23. The predicted octanol–water partition coefficient (Wildman–Crippen LogP) is 2.02. The zero-order valence-electron chi connectivity index (χ0n) is 21.4. The zero-order chi connectivity index (χ0) is 27.0. The van der Waals surface area contributed by atoms with E-state index in [0.29, 0.717) is 65.7 Å². The Bertz CT molecular complexity index is 1580. The number of β-amino-alcohol motifs (C(OH)–C–C–N with tert-alkyl or cyclic N) is 1. The summed E-state index contributed by atoms with van der Waals surface area (Å²) < 4.78 is 43.3. The van der Waals surface area contributed by atoms with Gasteiger partial charge in [0.05, 0.1) is 32.7 Å². The molecule has 0 amide bonds. The lowest BCUT2D eigenvalue weighted by Crippen LogP contribution is -2.51. The van der Waals surface area contributed by atoms with Crippen LogP contribution in [0, 0.1) is 0 Å². The average molecular weight is 541 g/mol. The lowest BCUT2D eigenvalue weighted by molar-refractivity contribution is 0.141. The van der Waals surface area contributed by atoms with Crippen molar-refractivity contribution in [3.05, 3.63) is 42.1 Å². The van der Waals surface area contributed by atoms with Gasteiger partial charge in [0.1, 0.15) is 28.6 Å². The third kappa shape index (κ3) is 4.82. The quantitative estimate of drug-likeness (QED) is 0.333. The lowest BCUT2D eigenvalue weighted by atomic mass is 10.1. The summed E-state index contributed by atoms with van der Waals surface area (Å²) in [6.45, 7) is 2.95. The molecule has 5 rings (SSSR count). The van der Waals surface area contributed by atoms with Crippen LogP contribution in [0.25, 0.3) is 28.5 Å². The molecule has 0 aliphatic carbocycles. The maximum atomic E-state index is 12.3. The number of hydrogen-bond acceptors (Lipinski definition) is 11. The van der Waals surface area contributed by atoms with Crippen LogP contribution >= 0.6 is 0 Å². The second kappa shape index (κ2) is 10.1. The lowest BCUT2D eigenvalue weighted by Gasteiger charge is -2.37. The Morgan fingerprint density at radius 1 is 1.00 bits per heavy atom. The molecule has 38 heavy (non-hydrogen) atoms. The number of ether oxygens (including phenoxy) is 3. The summed E-state index contributed by atoms with van der Waals surface area (Å²) in [6, 6.07) is 10.7. The number of hydrogen-bond donors (Lipinski definition) is 1. The van der Waals surface area contributed by atoms with Gasteiger partial charge in [0, 0.05) is 25.4 Å². The summed E-state index contributed by atoms with van der Waals surface area (Å²) in [6.07, 6.45) is 0.623. The van der Waals surface area contributed by atoms with Crippen molar-refractivity contribution in [1.82, 2.24) is 24.5 Å². The van der Waals surface area contributed by atoms with E-state index < -0.39 is 15.9 Å². The summed E-state index contributed by atoms with van der Waals surface area (Å²) in [5.41, 5.74) is 1.81. The number of aliphatic hydroxyl groups excluding tert-OH is 1. The first-order valence-electron chi connectivity index (χ1n) is 11.9. The van der Waals surface area contributed by atoms with E-state index in [9.17, 15) is 13.5 Å². The van der Waals surface area contributed by atoms with Crippen molar-refractivity contribution in [3.8, 4) is 34.6 Å². The number of fused-ring (bicyclic) bond motifs is 1. The number of benzene rings is 1. The second-order valence-corrected chi connectivity index (χ2v) is 11.0. The Balaban J connectivity index is 1.84. The Morgan fingerprint density at radius 2 is 1.68 bits per heavy atom. The molecule has 0 spiro atoms. The highest BCUT2D eigenvalue weighted by Gasteiger charge is 2.31. The number of imidazole rings is 1. The van der Waals surface area contributed by atoms with Crippen LogP contribution in [0.1, 0.15) is 12.6 Å². The predicted molar refractivity (Wildman–Crippen MR) is 141 cm³/mol. The molecule has 12 nitrogen and oxygen atoms in total. The molecule has 1 N–H and O–H groups in total. The number of para-hydroxylation sites is 1. The van der Waals surface area contributed by atoms with E-state index in [1.54, 1.807) is 60.1 Å². The fourth-order valence-electron chi connectivity index (χ4n) is 4.35. The van der Waals surface area contributed by atoms with Crippen LogP contribution < -0.4 is 19.1 Å². The molecule has 1 saturated heterocycles. The van der Waals surface area contributed by atoms with E-state index in [0.717, 1.165) is 6.26 Å². The highest BCUT2D eigenvalue weighted by Crippen LogP contribution is 2.38. The van der Waals surface area contributed by atoms with E-state index in [-0.39, 0.29) is 17.1 Å². The second-order valence-electron chi connectivity index (χ2n) is 8.85. The minimum atomic E-state index is -3.46. The third-order valence-electron chi connectivity index (χ3n) is 5.98. The van der Waals surface area contributed by atoms with Gasteiger partial charge in [-0.2, -0.15) is 0 Å². The number of anilines is 1. The smallest absolute Gasteiger partial charge is 0.213 e. The molecule has 0 atom stereocenters. The first-order chi connectivity index (χ1) is 18.2. The minimum Gasteiger partial charge on any atom is -0.494 e. The van der Waals surface area contributed by atoms with Crippen molar-refractivity contribution in [2.24, 2.45) is 0 Å². The first kappa shape index (κ1) is 25.7. The molecule has 3 aromatic heterocycles. The number of pyridine rings is 1. The van der Waals surface area contributed by atoms with E-state index >= 15 is 0 Å². The summed E-state index contributed by atoms with van der Waals surface area (Å²) in [7, 11) is -0.378. The largest absolute Gasteiger partial charge is 0.494 e. The first-order valence-corrected chi connectivity index (χ1v) is 14.0. The van der Waals surface area contributed by atoms with Crippen molar-refractivity contribution in [1.29, 1.82) is 0 Å². The van der Waals surface area contributed by atoms with Crippen molar-refractivity contribution < 1.29 is 27.7 Å². The standard InChI is InChI=1S/C25H28N6O6S/c1-5-37-20-11-6-8-16(26-20)24-29-22-25(31(24)21-18(35-2)9-7-10-19(21)36-3)27-17(14-38(4,33)34)23(28-22)30-12-15(32)13-30/h6-11,15,32H,5,12-14H2,1-4H3. The van der Waals surface area contributed by atoms with Crippen molar-refractivity contribution in [2.75, 3.05) is 45.1 Å². The molecular formula is C25H28N6O6S. The molecule has 200 valence electrons. The molecule has 1 aliphatic rings. The number of aliphatic hydroxyl groups is 1. The molecule has 4 heterocycles. The van der Waals surface area contributed by atoms with Gasteiger partial charge in [-0.3, -0.25) is 4.57 Å². The van der Waals surface area contributed by atoms with Gasteiger partial charge in [0.15, 0.2) is 32.8 Å². The number of aromatic nitrogens is 5. The molecule has 1 aromatic carbocycles. The Hall–Kier alpha value is -3.97. The number of methoxy groups -OCH3 is 2. The fraction of sp³-hybridized carbons (Fsp3) is 0.360. The molecule has 0 saturated carbocycles. The molecule has 1 aliphatic heterocycles. The number of rotatable bonds is 9. The summed E-state index contributed by atoms with van der Waals surface area (Å²) in [4.78, 5) is 20.7. The van der Waals surface area contributed by atoms with Crippen LogP contribution in [-0.4, -0.2) is 84.3 Å². The van der Waals surface area contributed by atoms with Crippen LogP contribution in [0.4, 0.5) is 5.82 Å². The number of sulfone groups is 1. The minimum absolute atomic E-state index is 0.254. The molecule has 0 radical (unpaired) electrons. The van der Waals surface area contributed by atoms with E-state index in [2.05, 4.69) is 4.98 Å². The zero-order valence-corrected chi connectivity index (χ0v) is 22.3. The highest BCUT2D eigenvalue weighted by molar-refractivity contribution is 7.89. The Kier molecular flexibility index (Phi) is 6.80. The molecule has 4 aromatic rings. The molecular weight excluding hydrogens is 512 g/mol. The SMILES string of the molecule is CCOc1cccc(-c2nc3nc(N4CC(O)C4)c(CS(C)(=O)=O)nc3n2-c2c(OC)cccc2OC)n1. The molecule has 13 heteroatoms. The maximum Gasteiger partial charge on any atom is 0.213 e. The van der Waals surface area contributed by atoms with Crippen LogP contribution in [0.3, 0.4) is 0 Å². The maximum absolute atomic E-state index is 12.3. The van der Waals surface area contributed by atoms with Gasteiger partial charge in [-0.25, -0.2) is 28.4 Å². The van der Waals surface area contributed by atoms with E-state index in [1.807, 2.05) is 6.92 Å². The van der Waals surface area contributed by atoms with Crippen molar-refractivity contribution in [2.45, 2.75) is 18.8 Å². The van der Waals surface area contributed by atoms with E-state index in [1.165, 1.54) is 0 Å². The van der Waals surface area contributed by atoms with Gasteiger partial charge < -0.3 is 24.2 Å².